The summed E-state index contributed by atoms with van der Waals surface area (Å²) in [7, 11) is 1.32. The van der Waals surface area contributed by atoms with Gasteiger partial charge < -0.3 is 29.2 Å². The zero-order chi connectivity index (χ0) is 26.4. The fourth-order valence-electron chi connectivity index (χ4n) is 7.74. The highest BCUT2D eigenvalue weighted by Crippen LogP contribution is 2.73. The molecule has 0 bridgehead atoms. The fourth-order valence-corrected chi connectivity index (χ4v) is 7.74. The van der Waals surface area contributed by atoms with Gasteiger partial charge in [-0.15, -0.1) is 0 Å². The van der Waals surface area contributed by atoms with Crippen LogP contribution in [-0.2, 0) is 38.1 Å². The summed E-state index contributed by atoms with van der Waals surface area (Å²) in [5, 5.41) is 25.0. The largest absolute Gasteiger partial charge is 0.459 e. The molecule has 10 heteroatoms. The van der Waals surface area contributed by atoms with Crippen LogP contribution in [-0.4, -0.2) is 70.2 Å². The number of carbonyl (C=O) groups is 4. The van der Waals surface area contributed by atoms with Crippen LogP contribution < -0.4 is 0 Å². The SMILES string of the molecule is CO[C@@]12CC(=O)[C@@]3(O)[C@@]4(C)[C@@H](OC(C)=O)[C@H](OC(C)=O)CC(C)(C)[C@]4(O)CC[C@@]3(C)C1=CC(=O)O2. The maximum Gasteiger partial charge on any atom is 0.333 e. The minimum Gasteiger partial charge on any atom is -0.459 e. The molecule has 0 amide bonds. The van der Waals surface area contributed by atoms with E-state index in [2.05, 4.69) is 0 Å². The van der Waals surface area contributed by atoms with Crippen molar-refractivity contribution in [2.24, 2.45) is 16.2 Å². The zero-order valence-corrected chi connectivity index (χ0v) is 21.2. The molecule has 10 nitrogen and oxygen atoms in total. The molecule has 2 N–H and O–H groups in total. The molecule has 4 aliphatic rings. The van der Waals surface area contributed by atoms with Gasteiger partial charge in [-0.1, -0.05) is 20.8 Å². The summed E-state index contributed by atoms with van der Waals surface area (Å²) in [6.45, 7) is 9.06. The van der Waals surface area contributed by atoms with E-state index in [1.54, 1.807) is 20.8 Å². The number of esters is 3. The van der Waals surface area contributed by atoms with Gasteiger partial charge in [-0.2, -0.15) is 0 Å². The molecular formula is C25H34O10. The molecule has 3 fully saturated rings. The zero-order valence-electron chi connectivity index (χ0n) is 21.2. The lowest BCUT2D eigenvalue weighted by Gasteiger charge is -2.72. The molecule has 1 heterocycles. The van der Waals surface area contributed by atoms with Gasteiger partial charge in [0.1, 0.15) is 17.8 Å². The van der Waals surface area contributed by atoms with E-state index in [1.165, 1.54) is 34.0 Å². The predicted octanol–water partition coefficient (Wildman–Crippen LogP) is 1.35. The van der Waals surface area contributed by atoms with Gasteiger partial charge in [-0.05, 0) is 31.6 Å². The number of ether oxygens (including phenoxy) is 4. The van der Waals surface area contributed by atoms with Crippen LogP contribution in [0.15, 0.2) is 11.6 Å². The van der Waals surface area contributed by atoms with Crippen molar-refractivity contribution in [3.8, 4) is 0 Å². The van der Waals surface area contributed by atoms with Crippen LogP contribution >= 0.6 is 0 Å². The highest BCUT2D eigenvalue weighted by Gasteiger charge is 2.84. The summed E-state index contributed by atoms with van der Waals surface area (Å²) in [6.07, 6.45) is -1.33. The molecule has 4 rings (SSSR count). The normalized spacial score (nSPS) is 45.9. The second-order valence-corrected chi connectivity index (χ2v) is 11.4. The first kappa shape index (κ1) is 25.8. The number of aliphatic hydroxyl groups is 2. The summed E-state index contributed by atoms with van der Waals surface area (Å²) in [5.74, 6) is -4.46. The fraction of sp³-hybridized carbons (Fsp3) is 0.760. The van der Waals surface area contributed by atoms with E-state index in [4.69, 9.17) is 18.9 Å². The van der Waals surface area contributed by atoms with E-state index in [0.29, 0.717) is 0 Å². The number of Topliss-reactive ketones (excluding diaryl/α,β-unsaturated/α-hetero) is 1. The summed E-state index contributed by atoms with van der Waals surface area (Å²) in [6, 6.07) is 0. The van der Waals surface area contributed by atoms with Gasteiger partial charge in [0.2, 0.25) is 5.79 Å². The Labute approximate surface area is 203 Å². The van der Waals surface area contributed by atoms with E-state index in [9.17, 15) is 29.4 Å². The first-order chi connectivity index (χ1) is 16.0. The lowest BCUT2D eigenvalue weighted by molar-refractivity contribution is -0.351. The number of fused-ring (bicyclic) bond motifs is 5. The van der Waals surface area contributed by atoms with Gasteiger partial charge in [-0.25, -0.2) is 4.79 Å². The average molecular weight is 495 g/mol. The smallest absolute Gasteiger partial charge is 0.333 e. The van der Waals surface area contributed by atoms with Gasteiger partial charge in [-0.3, -0.25) is 14.4 Å². The molecule has 0 spiro atoms. The Morgan fingerprint density at radius 1 is 1.03 bits per heavy atom. The van der Waals surface area contributed by atoms with E-state index >= 15 is 0 Å². The van der Waals surface area contributed by atoms with Crippen molar-refractivity contribution in [2.75, 3.05) is 7.11 Å². The Morgan fingerprint density at radius 2 is 1.63 bits per heavy atom. The molecule has 0 unspecified atom stereocenters. The summed E-state index contributed by atoms with van der Waals surface area (Å²) >= 11 is 0. The first-order valence-electron chi connectivity index (χ1n) is 11.8. The molecule has 7 atom stereocenters. The van der Waals surface area contributed by atoms with Crippen molar-refractivity contribution in [2.45, 2.75) is 96.4 Å². The Kier molecular flexibility index (Phi) is 5.42. The number of hydrogen-bond donors (Lipinski definition) is 2. The highest BCUT2D eigenvalue weighted by molar-refractivity contribution is 5.97. The van der Waals surface area contributed by atoms with Gasteiger partial charge in [0.05, 0.1) is 17.4 Å². The minimum atomic E-state index is -2.34. The second-order valence-electron chi connectivity index (χ2n) is 11.4. The van der Waals surface area contributed by atoms with Gasteiger partial charge in [0, 0.05) is 38.0 Å². The van der Waals surface area contributed by atoms with Crippen molar-refractivity contribution >= 4 is 23.7 Å². The van der Waals surface area contributed by atoms with Crippen molar-refractivity contribution in [1.29, 1.82) is 0 Å². The van der Waals surface area contributed by atoms with E-state index in [0.717, 1.165) is 0 Å². The Morgan fingerprint density at radius 3 is 2.17 bits per heavy atom. The second kappa shape index (κ2) is 7.36. The molecule has 3 aliphatic carbocycles. The number of hydrogen-bond acceptors (Lipinski definition) is 10. The summed E-state index contributed by atoms with van der Waals surface area (Å²) < 4.78 is 22.2. The lowest BCUT2D eigenvalue weighted by Crippen LogP contribution is -2.85. The van der Waals surface area contributed by atoms with Crippen LogP contribution in [0.3, 0.4) is 0 Å². The molecule has 3 saturated carbocycles. The van der Waals surface area contributed by atoms with Crippen LogP contribution in [0.5, 0.6) is 0 Å². The van der Waals surface area contributed by atoms with Crippen LogP contribution in [0, 0.1) is 16.2 Å². The Hall–Kier alpha value is -2.30. The van der Waals surface area contributed by atoms with E-state index < -0.39 is 75.6 Å². The maximum absolute atomic E-state index is 14.0. The minimum absolute atomic E-state index is 0.0957. The Bertz CT molecular complexity index is 1050. The number of carbonyl (C=O) groups excluding carboxylic acids is 4. The van der Waals surface area contributed by atoms with Crippen LogP contribution in [0.4, 0.5) is 0 Å². The van der Waals surface area contributed by atoms with E-state index in [1.807, 2.05) is 0 Å². The lowest BCUT2D eigenvalue weighted by atomic mass is 9.34. The molecule has 0 radical (unpaired) electrons. The van der Waals surface area contributed by atoms with Crippen LogP contribution in [0.1, 0.15) is 67.2 Å². The van der Waals surface area contributed by atoms with Crippen molar-refractivity contribution in [1.82, 2.24) is 0 Å². The Balaban J connectivity index is 2.03. The molecule has 0 saturated heterocycles. The standard InChI is InChI=1S/C25H34O10/c1-13(26)33-15-11-20(3,4)24(30)9-8-21(5)16-10-18(29)35-23(16,32-7)12-17(28)25(21,31)22(24,6)19(15)34-14(2)27/h10,15,19,30-31H,8-9,11-12H2,1-7H3/t15-,19+,21+,22+,23-,24-,25+/m1/s1. The molecule has 194 valence electrons. The molecule has 0 aromatic heterocycles. The van der Waals surface area contributed by atoms with Crippen molar-refractivity contribution < 1.29 is 48.3 Å². The van der Waals surface area contributed by atoms with Gasteiger partial charge >= 0.3 is 17.9 Å². The third-order valence-corrected chi connectivity index (χ3v) is 9.40. The third kappa shape index (κ3) is 2.87. The number of methoxy groups -OCH3 is 1. The van der Waals surface area contributed by atoms with E-state index in [-0.39, 0.29) is 24.8 Å². The number of ketones is 1. The molecular weight excluding hydrogens is 460 g/mol. The third-order valence-electron chi connectivity index (χ3n) is 9.40. The average Bonchev–Trinajstić information content (AvgIpc) is 3.08. The first-order valence-corrected chi connectivity index (χ1v) is 11.8. The molecule has 1 aliphatic heterocycles. The maximum atomic E-state index is 14.0. The van der Waals surface area contributed by atoms with Crippen LogP contribution in [0.25, 0.3) is 0 Å². The predicted molar refractivity (Wildman–Crippen MR) is 118 cm³/mol. The molecule has 35 heavy (non-hydrogen) atoms. The molecule has 0 aromatic rings. The van der Waals surface area contributed by atoms with Gasteiger partial charge in [0.15, 0.2) is 5.78 Å². The highest BCUT2D eigenvalue weighted by atomic mass is 16.7. The topological polar surface area (TPSA) is 146 Å². The monoisotopic (exact) mass is 494 g/mol. The van der Waals surface area contributed by atoms with Crippen molar-refractivity contribution in [3.63, 3.8) is 0 Å². The molecule has 0 aromatic carbocycles. The van der Waals surface area contributed by atoms with Gasteiger partial charge in [0.25, 0.3) is 0 Å². The van der Waals surface area contributed by atoms with Crippen LogP contribution in [0.2, 0.25) is 0 Å². The van der Waals surface area contributed by atoms with Crippen molar-refractivity contribution in [3.05, 3.63) is 11.6 Å². The number of rotatable bonds is 3. The quantitative estimate of drug-likeness (QED) is 0.435. The summed E-state index contributed by atoms with van der Waals surface area (Å²) in [4.78, 5) is 50.7. The summed E-state index contributed by atoms with van der Waals surface area (Å²) in [5.41, 5.74) is -8.02.